The molecule has 0 saturated carbocycles. The summed E-state index contributed by atoms with van der Waals surface area (Å²) < 4.78 is 6.11. The molecule has 0 saturated heterocycles. The molecule has 150 valence electrons. The van der Waals surface area contributed by atoms with Crippen LogP contribution in [0.25, 0.3) is 0 Å². The second kappa shape index (κ2) is 8.93. The van der Waals surface area contributed by atoms with Gasteiger partial charge in [-0.15, -0.1) is 0 Å². The van der Waals surface area contributed by atoms with Gasteiger partial charge in [0, 0.05) is 23.7 Å². The molecule has 3 aromatic rings. The molecule has 2 heterocycles. The van der Waals surface area contributed by atoms with Gasteiger partial charge in [-0.2, -0.15) is 9.67 Å². The smallest absolute Gasteiger partial charge is 0.358 e. The van der Waals surface area contributed by atoms with E-state index in [1.807, 2.05) is 0 Å². The van der Waals surface area contributed by atoms with Gasteiger partial charge in [0.15, 0.2) is 5.82 Å². The van der Waals surface area contributed by atoms with Gasteiger partial charge in [-0.3, -0.25) is 9.59 Å². The lowest BCUT2D eigenvalue weighted by Gasteiger charge is -2.06. The molecule has 29 heavy (non-hydrogen) atoms. The number of carbonyl (C=O) groups excluding carboxylic acids is 2. The molecule has 13 heteroatoms. The van der Waals surface area contributed by atoms with Gasteiger partial charge in [0.2, 0.25) is 0 Å². The van der Waals surface area contributed by atoms with Gasteiger partial charge < -0.3 is 25.3 Å². The third kappa shape index (κ3) is 5.35. The number of aromatic nitrogens is 4. The van der Waals surface area contributed by atoms with E-state index in [1.165, 1.54) is 23.0 Å². The first-order valence-corrected chi connectivity index (χ1v) is 8.62. The summed E-state index contributed by atoms with van der Waals surface area (Å²) in [6.45, 7) is 0.309. The average molecular weight is 420 g/mol. The van der Waals surface area contributed by atoms with E-state index in [2.05, 4.69) is 25.9 Å². The van der Waals surface area contributed by atoms with Crippen LogP contribution in [0, 0.1) is 10.1 Å². The molecule has 0 spiro atoms. The average Bonchev–Trinajstić information content (AvgIpc) is 3.35. The summed E-state index contributed by atoms with van der Waals surface area (Å²) in [5.41, 5.74) is 0.407. The van der Waals surface area contributed by atoms with Crippen LogP contribution >= 0.6 is 11.6 Å². The molecule has 0 aliphatic carbocycles. The molecule has 2 aromatic heterocycles. The summed E-state index contributed by atoms with van der Waals surface area (Å²) >= 11 is 5.83. The summed E-state index contributed by atoms with van der Waals surface area (Å²) in [6.07, 6.45) is 1.39. The van der Waals surface area contributed by atoms with Gasteiger partial charge in [0.05, 0.1) is 17.4 Å². The second-order valence-electron chi connectivity index (χ2n) is 5.67. The maximum absolute atomic E-state index is 12.0. The Morgan fingerprint density at radius 3 is 2.66 bits per heavy atom. The Balaban J connectivity index is 1.45. The van der Waals surface area contributed by atoms with Crippen molar-refractivity contribution in [2.24, 2.45) is 0 Å². The Kier molecular flexibility index (Phi) is 6.14. The number of hydrogen-bond donors (Lipinski definition) is 2. The Labute approximate surface area is 168 Å². The fraction of sp³-hybridized carbons (Fsp3) is 0.188. The van der Waals surface area contributed by atoms with Crippen molar-refractivity contribution in [2.45, 2.75) is 6.54 Å². The molecule has 0 unspecified atom stereocenters. The lowest BCUT2D eigenvalue weighted by molar-refractivity contribution is -0.389. The van der Waals surface area contributed by atoms with Crippen molar-refractivity contribution in [3.8, 4) is 0 Å². The molecule has 0 bridgehead atoms. The maximum Gasteiger partial charge on any atom is 0.389 e. The number of nitro groups is 1. The predicted octanol–water partition coefficient (Wildman–Crippen LogP) is 1.04. The zero-order chi connectivity index (χ0) is 20.8. The number of nitrogens with zero attached hydrogens (tertiary/aromatic N) is 5. The number of amides is 2. The molecule has 0 radical (unpaired) electrons. The number of benzene rings is 1. The van der Waals surface area contributed by atoms with Crippen molar-refractivity contribution in [1.82, 2.24) is 30.6 Å². The first kappa shape index (κ1) is 19.9. The minimum Gasteiger partial charge on any atom is -0.358 e. The monoisotopic (exact) mass is 419 g/mol. The van der Waals surface area contributed by atoms with Crippen LogP contribution in [0.5, 0.6) is 0 Å². The van der Waals surface area contributed by atoms with Crippen molar-refractivity contribution in [3.05, 3.63) is 68.9 Å². The van der Waals surface area contributed by atoms with Crippen LogP contribution in [0.2, 0.25) is 5.02 Å². The van der Waals surface area contributed by atoms with Crippen molar-refractivity contribution in [1.29, 1.82) is 0 Å². The number of halogens is 1. The van der Waals surface area contributed by atoms with Gasteiger partial charge in [0.1, 0.15) is 6.54 Å². The second-order valence-corrected chi connectivity index (χ2v) is 6.10. The van der Waals surface area contributed by atoms with Crippen molar-refractivity contribution >= 4 is 29.2 Å². The summed E-state index contributed by atoms with van der Waals surface area (Å²) in [4.78, 5) is 37.9. The van der Waals surface area contributed by atoms with Crippen molar-refractivity contribution < 1.29 is 19.0 Å². The van der Waals surface area contributed by atoms with E-state index in [0.29, 0.717) is 10.6 Å². The lowest BCUT2D eigenvalue weighted by atomic mass is 10.2. The highest BCUT2D eigenvalue weighted by molar-refractivity contribution is 6.30. The third-order valence-electron chi connectivity index (χ3n) is 3.56. The molecule has 3 rings (SSSR count). The van der Waals surface area contributed by atoms with Gasteiger partial charge >= 0.3 is 17.6 Å². The van der Waals surface area contributed by atoms with E-state index >= 15 is 0 Å². The molecule has 12 nitrogen and oxygen atoms in total. The number of hydrogen-bond acceptors (Lipinski definition) is 8. The number of carbonyl (C=O) groups is 2. The van der Waals surface area contributed by atoms with Gasteiger partial charge in [-0.25, -0.2) is 0 Å². The predicted molar refractivity (Wildman–Crippen MR) is 98.4 cm³/mol. The van der Waals surface area contributed by atoms with Crippen molar-refractivity contribution in [3.63, 3.8) is 0 Å². The Hall–Kier alpha value is -3.80. The van der Waals surface area contributed by atoms with E-state index in [4.69, 9.17) is 16.1 Å². The Morgan fingerprint density at radius 2 is 1.97 bits per heavy atom. The molecule has 0 atom stereocenters. The van der Waals surface area contributed by atoms with Crippen molar-refractivity contribution in [2.75, 3.05) is 13.1 Å². The fourth-order valence-electron chi connectivity index (χ4n) is 2.25. The van der Waals surface area contributed by atoms with Crippen LogP contribution in [0.4, 0.5) is 5.82 Å². The molecule has 0 fully saturated rings. The van der Waals surface area contributed by atoms with Crippen LogP contribution < -0.4 is 10.6 Å². The van der Waals surface area contributed by atoms with Crippen LogP contribution in [0.1, 0.15) is 26.9 Å². The summed E-state index contributed by atoms with van der Waals surface area (Å²) in [6, 6.07) is 7.70. The van der Waals surface area contributed by atoms with Crippen LogP contribution in [0.3, 0.4) is 0 Å². The third-order valence-corrected chi connectivity index (χ3v) is 3.80. The topological polar surface area (TPSA) is 158 Å². The molecule has 0 aliphatic heterocycles. The highest BCUT2D eigenvalue weighted by Crippen LogP contribution is 2.10. The molecular formula is C16H14ClN7O5. The molecule has 2 N–H and O–H groups in total. The first-order valence-electron chi connectivity index (χ1n) is 8.25. The quantitative estimate of drug-likeness (QED) is 0.311. The van der Waals surface area contributed by atoms with Crippen LogP contribution in [0.15, 0.2) is 41.1 Å². The summed E-state index contributed by atoms with van der Waals surface area (Å²) in [5.74, 6) is -1.40. The molecule has 1 aromatic carbocycles. The Bertz CT molecular complexity index is 1050. The zero-order valence-electron chi connectivity index (χ0n) is 14.7. The minimum atomic E-state index is -0.628. The zero-order valence-corrected chi connectivity index (χ0v) is 15.5. The Morgan fingerprint density at radius 1 is 1.21 bits per heavy atom. The molecular weight excluding hydrogens is 406 g/mol. The fourth-order valence-corrected chi connectivity index (χ4v) is 2.44. The van der Waals surface area contributed by atoms with E-state index in [0.717, 1.165) is 0 Å². The largest absolute Gasteiger partial charge is 0.389 e. The normalized spacial score (nSPS) is 10.5. The molecule has 0 aliphatic rings. The van der Waals surface area contributed by atoms with E-state index in [1.54, 1.807) is 18.2 Å². The van der Waals surface area contributed by atoms with E-state index in [9.17, 15) is 19.7 Å². The molecule has 2 amide bonds. The SMILES string of the molecule is O=C(NCCNC(=O)c1nc(Cn2ccc([N+](=O)[O-])n2)no1)c1cccc(Cl)c1. The van der Waals surface area contributed by atoms with Crippen LogP contribution in [-0.2, 0) is 6.54 Å². The first-order chi connectivity index (χ1) is 13.9. The number of nitrogens with one attached hydrogen (secondary N) is 2. The highest BCUT2D eigenvalue weighted by atomic mass is 35.5. The van der Waals surface area contributed by atoms with E-state index in [-0.39, 0.29) is 43.1 Å². The lowest BCUT2D eigenvalue weighted by Crippen LogP contribution is -2.34. The number of rotatable bonds is 8. The maximum atomic E-state index is 12.0. The van der Waals surface area contributed by atoms with Gasteiger partial charge in [0.25, 0.3) is 5.91 Å². The van der Waals surface area contributed by atoms with Crippen LogP contribution in [-0.4, -0.2) is 49.7 Å². The van der Waals surface area contributed by atoms with Gasteiger partial charge in [-0.1, -0.05) is 22.8 Å². The van der Waals surface area contributed by atoms with E-state index < -0.39 is 10.8 Å². The van der Waals surface area contributed by atoms with Gasteiger partial charge in [-0.05, 0) is 23.1 Å². The summed E-state index contributed by atoms with van der Waals surface area (Å²) in [5, 5.41) is 23.6. The highest BCUT2D eigenvalue weighted by Gasteiger charge is 2.17. The summed E-state index contributed by atoms with van der Waals surface area (Å²) in [7, 11) is 0. The minimum absolute atomic E-state index is 0.000310. The standard InChI is InChI=1S/C16H14ClN7O5/c17-11-3-1-2-10(8-11)14(25)18-5-6-19-15(26)16-20-12(22-29-16)9-23-7-4-13(21-23)24(27)28/h1-4,7-8H,5-6,9H2,(H,18,25)(H,19,26).